The fraction of sp³-hybridized carbons (Fsp3) is 0.200. The molecule has 100 valence electrons. The number of benzene rings is 2. The molecule has 0 fully saturated rings. The minimum atomic E-state index is -0.799. The van der Waals surface area contributed by atoms with Gasteiger partial charge in [0.15, 0.2) is 0 Å². The smallest absolute Gasteiger partial charge is 0.123 e. The third-order valence-corrected chi connectivity index (χ3v) is 3.39. The van der Waals surface area contributed by atoms with Crippen molar-refractivity contribution in [3.05, 3.63) is 64.9 Å². The molecule has 2 N–H and O–H groups in total. The summed E-state index contributed by atoms with van der Waals surface area (Å²) in [6, 6.07) is 13.4. The van der Waals surface area contributed by atoms with Crippen LogP contribution in [0.5, 0.6) is 0 Å². The Hall–Kier alpha value is -1.58. The van der Waals surface area contributed by atoms with Crippen LogP contribution in [0.15, 0.2) is 48.5 Å². The summed E-state index contributed by atoms with van der Waals surface area (Å²) in [6.07, 6.45) is 0. The predicted octanol–water partition coefficient (Wildman–Crippen LogP) is 3.80. The average molecular weight is 280 g/mol. The molecular weight excluding hydrogens is 265 g/mol. The maximum absolute atomic E-state index is 13.3. The molecule has 0 amide bonds. The van der Waals surface area contributed by atoms with Crippen molar-refractivity contribution in [2.24, 2.45) is 0 Å². The Morgan fingerprint density at radius 2 is 1.95 bits per heavy atom. The van der Waals surface area contributed by atoms with Gasteiger partial charge in [0, 0.05) is 0 Å². The molecule has 1 atom stereocenters. The van der Waals surface area contributed by atoms with Crippen LogP contribution in [-0.2, 0) is 5.54 Å². The minimum Gasteiger partial charge on any atom is -0.394 e. The first-order valence-corrected chi connectivity index (χ1v) is 6.32. The van der Waals surface area contributed by atoms with Crippen LogP contribution in [0.4, 0.5) is 10.1 Å². The van der Waals surface area contributed by atoms with Crippen molar-refractivity contribution in [3.63, 3.8) is 0 Å². The van der Waals surface area contributed by atoms with Crippen LogP contribution in [0, 0.1) is 5.82 Å². The Kier molecular flexibility index (Phi) is 4.08. The number of para-hydroxylation sites is 1. The van der Waals surface area contributed by atoms with Crippen LogP contribution in [-0.4, -0.2) is 11.7 Å². The molecule has 19 heavy (non-hydrogen) atoms. The fourth-order valence-corrected chi connectivity index (χ4v) is 2.08. The van der Waals surface area contributed by atoms with Gasteiger partial charge in [0.1, 0.15) is 5.82 Å². The van der Waals surface area contributed by atoms with Crippen LogP contribution in [0.3, 0.4) is 0 Å². The first kappa shape index (κ1) is 13.8. The molecule has 2 aromatic carbocycles. The van der Waals surface area contributed by atoms with Gasteiger partial charge in [0.25, 0.3) is 0 Å². The molecule has 2 rings (SSSR count). The van der Waals surface area contributed by atoms with Crippen molar-refractivity contribution in [1.29, 1.82) is 0 Å². The molecule has 0 saturated carbocycles. The highest BCUT2D eigenvalue weighted by Crippen LogP contribution is 2.30. The summed E-state index contributed by atoms with van der Waals surface area (Å²) in [4.78, 5) is 0. The molecule has 0 aromatic heterocycles. The van der Waals surface area contributed by atoms with Gasteiger partial charge >= 0.3 is 0 Å². The van der Waals surface area contributed by atoms with E-state index in [9.17, 15) is 9.50 Å². The van der Waals surface area contributed by atoms with Gasteiger partial charge in [-0.3, -0.25) is 0 Å². The van der Waals surface area contributed by atoms with Gasteiger partial charge in [-0.05, 0) is 36.8 Å². The van der Waals surface area contributed by atoms with E-state index in [1.54, 1.807) is 25.1 Å². The zero-order valence-corrected chi connectivity index (χ0v) is 11.3. The highest BCUT2D eigenvalue weighted by Gasteiger charge is 2.26. The molecule has 0 radical (unpaired) electrons. The number of nitrogens with one attached hydrogen (secondary N) is 1. The molecule has 0 aliphatic heterocycles. The summed E-state index contributed by atoms with van der Waals surface area (Å²) in [5.74, 6) is -0.335. The third-order valence-electron chi connectivity index (χ3n) is 3.06. The van der Waals surface area contributed by atoms with E-state index in [0.717, 1.165) is 0 Å². The molecule has 0 bridgehead atoms. The van der Waals surface area contributed by atoms with Crippen molar-refractivity contribution in [2.75, 3.05) is 11.9 Å². The largest absolute Gasteiger partial charge is 0.394 e. The Bertz CT molecular complexity index is 576. The Morgan fingerprint density at radius 3 is 2.58 bits per heavy atom. The van der Waals surface area contributed by atoms with Gasteiger partial charge in [0.2, 0.25) is 0 Å². The predicted molar refractivity (Wildman–Crippen MR) is 75.9 cm³/mol. The Morgan fingerprint density at radius 1 is 1.21 bits per heavy atom. The number of aliphatic hydroxyl groups is 1. The zero-order valence-electron chi connectivity index (χ0n) is 10.5. The maximum atomic E-state index is 13.3. The van der Waals surface area contributed by atoms with Gasteiger partial charge in [-0.15, -0.1) is 0 Å². The SMILES string of the molecule is CC(CO)(Nc1ccccc1Cl)c1cccc(F)c1. The second-order valence-corrected chi connectivity index (χ2v) is 5.01. The summed E-state index contributed by atoms with van der Waals surface area (Å²) < 4.78 is 13.3. The number of rotatable bonds is 4. The van der Waals surface area contributed by atoms with Gasteiger partial charge in [-0.1, -0.05) is 35.9 Å². The van der Waals surface area contributed by atoms with Gasteiger partial charge in [-0.25, -0.2) is 4.39 Å². The molecule has 2 aromatic rings. The standard InChI is InChI=1S/C15H15ClFNO/c1-15(10-19,11-5-4-6-12(17)9-11)18-14-8-3-2-7-13(14)16/h2-9,18-19H,10H2,1H3. The lowest BCUT2D eigenvalue weighted by molar-refractivity contribution is 0.224. The first-order chi connectivity index (χ1) is 9.05. The monoisotopic (exact) mass is 279 g/mol. The number of hydrogen-bond acceptors (Lipinski definition) is 2. The van der Waals surface area contributed by atoms with E-state index in [1.165, 1.54) is 12.1 Å². The quantitative estimate of drug-likeness (QED) is 0.892. The molecule has 4 heteroatoms. The second-order valence-electron chi connectivity index (χ2n) is 4.61. The van der Waals surface area contributed by atoms with Crippen molar-refractivity contribution >= 4 is 17.3 Å². The Labute approximate surface area is 116 Å². The molecule has 2 nitrogen and oxygen atoms in total. The lowest BCUT2D eigenvalue weighted by atomic mass is 9.92. The topological polar surface area (TPSA) is 32.3 Å². The average Bonchev–Trinajstić information content (AvgIpc) is 2.41. The number of aliphatic hydroxyl groups excluding tert-OH is 1. The van der Waals surface area contributed by atoms with Crippen molar-refractivity contribution < 1.29 is 9.50 Å². The van der Waals surface area contributed by atoms with Crippen LogP contribution < -0.4 is 5.32 Å². The normalized spacial score (nSPS) is 13.9. The summed E-state index contributed by atoms with van der Waals surface area (Å²) in [5, 5.41) is 13.4. The molecule has 0 heterocycles. The number of anilines is 1. The summed E-state index contributed by atoms with van der Waals surface area (Å²) in [7, 11) is 0. The highest BCUT2D eigenvalue weighted by molar-refractivity contribution is 6.33. The van der Waals surface area contributed by atoms with Crippen molar-refractivity contribution in [2.45, 2.75) is 12.5 Å². The van der Waals surface area contributed by atoms with Gasteiger partial charge in [0.05, 0.1) is 22.9 Å². The summed E-state index contributed by atoms with van der Waals surface area (Å²) >= 11 is 6.09. The molecule has 0 saturated heterocycles. The molecule has 1 unspecified atom stereocenters. The third kappa shape index (κ3) is 3.06. The fourth-order valence-electron chi connectivity index (χ4n) is 1.89. The van der Waals surface area contributed by atoms with Crippen molar-refractivity contribution in [3.8, 4) is 0 Å². The van der Waals surface area contributed by atoms with Crippen LogP contribution in [0.1, 0.15) is 12.5 Å². The molecular formula is C15H15ClFNO. The molecule has 0 aliphatic rings. The van der Waals surface area contributed by atoms with E-state index in [1.807, 2.05) is 18.2 Å². The highest BCUT2D eigenvalue weighted by atomic mass is 35.5. The Balaban J connectivity index is 2.36. The van der Waals surface area contributed by atoms with Crippen LogP contribution >= 0.6 is 11.6 Å². The number of hydrogen-bond donors (Lipinski definition) is 2. The zero-order chi connectivity index (χ0) is 13.9. The van der Waals surface area contributed by atoms with Crippen LogP contribution in [0.2, 0.25) is 5.02 Å². The second kappa shape index (κ2) is 5.59. The van der Waals surface area contributed by atoms with Crippen LogP contribution in [0.25, 0.3) is 0 Å². The lowest BCUT2D eigenvalue weighted by Gasteiger charge is -2.31. The molecule has 0 aliphatic carbocycles. The van der Waals surface area contributed by atoms with E-state index in [-0.39, 0.29) is 12.4 Å². The number of halogens is 2. The minimum absolute atomic E-state index is 0.179. The van der Waals surface area contributed by atoms with E-state index in [2.05, 4.69) is 5.32 Å². The van der Waals surface area contributed by atoms with E-state index < -0.39 is 5.54 Å². The van der Waals surface area contributed by atoms with Crippen molar-refractivity contribution in [1.82, 2.24) is 0 Å². The molecule has 0 spiro atoms. The first-order valence-electron chi connectivity index (χ1n) is 5.95. The summed E-state index contributed by atoms with van der Waals surface area (Å²) in [5.41, 5.74) is 0.562. The van der Waals surface area contributed by atoms with E-state index in [0.29, 0.717) is 16.3 Å². The van der Waals surface area contributed by atoms with Gasteiger partial charge in [-0.2, -0.15) is 0 Å². The van der Waals surface area contributed by atoms with E-state index >= 15 is 0 Å². The lowest BCUT2D eigenvalue weighted by Crippen LogP contribution is -2.36. The maximum Gasteiger partial charge on any atom is 0.123 e. The van der Waals surface area contributed by atoms with E-state index in [4.69, 9.17) is 11.6 Å². The summed E-state index contributed by atoms with van der Waals surface area (Å²) in [6.45, 7) is 1.62. The van der Waals surface area contributed by atoms with Gasteiger partial charge < -0.3 is 10.4 Å².